The van der Waals surface area contributed by atoms with Gasteiger partial charge in [0.05, 0.1) is 36.2 Å². The fourth-order valence-corrected chi connectivity index (χ4v) is 4.93. The first kappa shape index (κ1) is 24.5. The number of quaternary nitrogens is 1. The van der Waals surface area contributed by atoms with Crippen LogP contribution in [0.15, 0.2) is 67.6 Å². The van der Waals surface area contributed by atoms with Crippen LogP contribution in [0.2, 0.25) is 0 Å². The van der Waals surface area contributed by atoms with Crippen molar-refractivity contribution in [3.63, 3.8) is 0 Å². The molecule has 11 nitrogen and oxygen atoms in total. The molecule has 12 heteroatoms. The van der Waals surface area contributed by atoms with Crippen molar-refractivity contribution in [2.75, 3.05) is 7.11 Å². The van der Waals surface area contributed by atoms with E-state index in [1.807, 2.05) is 0 Å². The van der Waals surface area contributed by atoms with E-state index in [0.29, 0.717) is 38.0 Å². The zero-order valence-corrected chi connectivity index (χ0v) is 21.2. The van der Waals surface area contributed by atoms with Crippen LogP contribution in [0.4, 0.5) is 5.82 Å². The van der Waals surface area contributed by atoms with Crippen molar-refractivity contribution in [1.82, 2.24) is 9.78 Å². The van der Waals surface area contributed by atoms with Gasteiger partial charge in [0.15, 0.2) is 5.75 Å². The topological polar surface area (TPSA) is 164 Å². The number of nitrogens with one attached hydrogen (secondary N) is 1. The Morgan fingerprint density at radius 1 is 1.35 bits per heavy atom. The Labute approximate surface area is 218 Å². The SMILES string of the molecule is COc1ccc(C2C(C#N)=C(N)Oc3c2c(=O)oc2ccccc32)cc1Cn1nc([NH+]([O-])O)c(Br)c1C. The monoisotopic (exact) mass is 565 g/mol. The molecular formula is C25H20BrN5O6. The van der Waals surface area contributed by atoms with Gasteiger partial charge >= 0.3 is 5.63 Å². The number of nitrogens with zero attached hydrogens (tertiary/aromatic N) is 3. The average molecular weight is 566 g/mol. The van der Waals surface area contributed by atoms with Gasteiger partial charge in [-0.3, -0.25) is 4.68 Å². The van der Waals surface area contributed by atoms with Gasteiger partial charge in [-0.1, -0.05) is 18.2 Å². The minimum absolute atomic E-state index is 0.0670. The molecule has 2 unspecified atom stereocenters. The van der Waals surface area contributed by atoms with Crippen LogP contribution < -0.4 is 26.1 Å². The summed E-state index contributed by atoms with van der Waals surface area (Å²) in [6.07, 6.45) is 0. The molecule has 3 heterocycles. The first-order valence-electron chi connectivity index (χ1n) is 11.0. The lowest BCUT2D eigenvalue weighted by Gasteiger charge is -2.26. The molecule has 0 bridgehead atoms. The van der Waals surface area contributed by atoms with Crippen molar-refractivity contribution >= 4 is 32.7 Å². The predicted octanol–water partition coefficient (Wildman–Crippen LogP) is 2.74. The number of nitriles is 1. The molecule has 37 heavy (non-hydrogen) atoms. The zero-order valence-electron chi connectivity index (χ0n) is 19.6. The summed E-state index contributed by atoms with van der Waals surface area (Å²) in [5.74, 6) is -0.327. The second kappa shape index (κ2) is 9.38. The number of ether oxygens (including phenoxy) is 2. The lowest BCUT2D eigenvalue weighted by atomic mass is 9.83. The van der Waals surface area contributed by atoms with Crippen LogP contribution in [0.5, 0.6) is 11.5 Å². The Bertz CT molecular complexity index is 1680. The number of para-hydroxylation sites is 1. The standard InChI is InChI=1S/C25H20BrN5O6/c1-12-21(26)24(31(33)34)29-30(12)11-14-9-13(7-8-17(14)35-2)19-16(10-27)23(28)37-22-15-5-3-4-6-18(15)36-25(32)20(19)22/h3-9,19,31,33H,11,28H2,1-2H3. The summed E-state index contributed by atoms with van der Waals surface area (Å²) in [7, 11) is 1.51. The van der Waals surface area contributed by atoms with Crippen LogP contribution in [-0.4, -0.2) is 22.1 Å². The number of allylic oxidation sites excluding steroid dienone is 1. The molecule has 2 atom stereocenters. The van der Waals surface area contributed by atoms with Gasteiger partial charge in [-0.25, -0.2) is 10.0 Å². The summed E-state index contributed by atoms with van der Waals surface area (Å²) in [5.41, 5.74) is 7.90. The maximum absolute atomic E-state index is 13.2. The van der Waals surface area contributed by atoms with Crippen LogP contribution >= 0.6 is 15.9 Å². The number of rotatable bonds is 5. The maximum Gasteiger partial charge on any atom is 0.344 e. The van der Waals surface area contributed by atoms with E-state index in [1.165, 1.54) is 11.8 Å². The van der Waals surface area contributed by atoms with E-state index in [1.54, 1.807) is 49.4 Å². The summed E-state index contributed by atoms with van der Waals surface area (Å²) in [4.78, 5) is 13.2. The minimum atomic E-state index is -1.16. The van der Waals surface area contributed by atoms with Crippen molar-refractivity contribution < 1.29 is 24.3 Å². The lowest BCUT2D eigenvalue weighted by Crippen LogP contribution is -2.99. The molecule has 0 amide bonds. The Balaban J connectivity index is 1.69. The highest BCUT2D eigenvalue weighted by molar-refractivity contribution is 9.10. The molecule has 2 aromatic heterocycles. The molecule has 4 N–H and O–H groups in total. The summed E-state index contributed by atoms with van der Waals surface area (Å²) >= 11 is 3.29. The van der Waals surface area contributed by atoms with E-state index in [4.69, 9.17) is 19.6 Å². The van der Waals surface area contributed by atoms with Crippen molar-refractivity contribution in [1.29, 1.82) is 5.26 Å². The zero-order chi connectivity index (χ0) is 26.4. The Morgan fingerprint density at radius 3 is 2.78 bits per heavy atom. The van der Waals surface area contributed by atoms with Gasteiger partial charge in [-0.2, -0.15) is 10.5 Å². The van der Waals surface area contributed by atoms with Crippen LogP contribution in [0.3, 0.4) is 0 Å². The smallest absolute Gasteiger partial charge is 0.344 e. The summed E-state index contributed by atoms with van der Waals surface area (Å²) in [6, 6.07) is 14.2. The van der Waals surface area contributed by atoms with E-state index in [9.17, 15) is 20.5 Å². The number of halogens is 1. The molecule has 0 saturated carbocycles. The van der Waals surface area contributed by atoms with Crippen LogP contribution in [0.25, 0.3) is 11.0 Å². The fraction of sp³-hybridized carbons (Fsp3) is 0.160. The quantitative estimate of drug-likeness (QED) is 0.243. The summed E-state index contributed by atoms with van der Waals surface area (Å²) < 4.78 is 18.8. The number of nitrogens with two attached hydrogens (primary N) is 1. The molecule has 1 aliphatic rings. The van der Waals surface area contributed by atoms with E-state index in [-0.39, 0.29) is 35.1 Å². The van der Waals surface area contributed by atoms with E-state index >= 15 is 0 Å². The number of hydrogen-bond donors (Lipinski definition) is 3. The third-order valence-electron chi connectivity index (χ3n) is 6.27. The lowest BCUT2D eigenvalue weighted by molar-refractivity contribution is -0.993. The molecule has 1 aliphatic heterocycles. The second-order valence-corrected chi connectivity index (χ2v) is 9.13. The van der Waals surface area contributed by atoms with Crippen molar-refractivity contribution in [3.05, 3.63) is 96.4 Å². The predicted molar refractivity (Wildman–Crippen MR) is 134 cm³/mol. The average Bonchev–Trinajstić information content (AvgIpc) is 3.16. The molecule has 188 valence electrons. The fourth-order valence-electron chi connectivity index (χ4n) is 4.48. The third-order valence-corrected chi connectivity index (χ3v) is 7.22. The highest BCUT2D eigenvalue weighted by Gasteiger charge is 2.36. The van der Waals surface area contributed by atoms with Gasteiger partial charge in [0.1, 0.15) is 27.4 Å². The van der Waals surface area contributed by atoms with Gasteiger partial charge in [0.25, 0.3) is 5.82 Å². The Hall–Kier alpha value is -4.15. The number of fused-ring (bicyclic) bond motifs is 3. The van der Waals surface area contributed by atoms with Crippen molar-refractivity contribution in [2.24, 2.45) is 5.73 Å². The first-order valence-corrected chi connectivity index (χ1v) is 11.8. The molecule has 0 radical (unpaired) electrons. The maximum atomic E-state index is 13.2. The van der Waals surface area contributed by atoms with Crippen molar-refractivity contribution in [2.45, 2.75) is 19.4 Å². The van der Waals surface area contributed by atoms with E-state index in [0.717, 1.165) is 0 Å². The third kappa shape index (κ3) is 4.04. The van der Waals surface area contributed by atoms with Crippen LogP contribution in [-0.2, 0) is 6.54 Å². The van der Waals surface area contributed by atoms with Gasteiger partial charge in [-0.15, -0.1) is 5.10 Å². The van der Waals surface area contributed by atoms with E-state index < -0.39 is 16.8 Å². The molecule has 4 aromatic rings. The number of methoxy groups -OCH3 is 1. The van der Waals surface area contributed by atoms with Gasteiger partial charge < -0.3 is 24.8 Å². The molecule has 0 fully saturated rings. The molecule has 0 spiro atoms. The number of aromatic nitrogens is 2. The van der Waals surface area contributed by atoms with Crippen molar-refractivity contribution in [3.8, 4) is 17.6 Å². The molecule has 2 aromatic carbocycles. The normalized spacial score (nSPS) is 15.7. The highest BCUT2D eigenvalue weighted by atomic mass is 79.9. The molecular weight excluding hydrogens is 546 g/mol. The second-order valence-electron chi connectivity index (χ2n) is 8.34. The van der Waals surface area contributed by atoms with Gasteiger partial charge in [-0.05, 0) is 52.7 Å². The van der Waals surface area contributed by atoms with Gasteiger partial charge in [0, 0.05) is 5.56 Å². The minimum Gasteiger partial charge on any atom is -0.594 e. The Morgan fingerprint density at radius 2 is 2.11 bits per heavy atom. The van der Waals surface area contributed by atoms with Crippen LogP contribution in [0, 0.1) is 23.5 Å². The number of benzene rings is 2. The highest BCUT2D eigenvalue weighted by Crippen LogP contribution is 2.44. The summed E-state index contributed by atoms with van der Waals surface area (Å²) in [6.45, 7) is 1.90. The first-order chi connectivity index (χ1) is 17.7. The Kier molecular flexibility index (Phi) is 6.22. The van der Waals surface area contributed by atoms with Crippen LogP contribution in [0.1, 0.15) is 28.3 Å². The van der Waals surface area contributed by atoms with Gasteiger partial charge in [0.2, 0.25) is 5.88 Å². The number of hydrogen-bond acceptors (Lipinski definition) is 9. The molecule has 5 rings (SSSR count). The molecule has 0 saturated heterocycles. The summed E-state index contributed by atoms with van der Waals surface area (Å²) in [5, 5.41) is 34.5. The van der Waals surface area contributed by atoms with E-state index in [2.05, 4.69) is 27.1 Å². The largest absolute Gasteiger partial charge is 0.594 e. The molecule has 0 aliphatic carbocycles.